The number of carbonyl (C=O) groups is 2. The van der Waals surface area contributed by atoms with E-state index in [1.807, 2.05) is 0 Å². The molecule has 0 bridgehead atoms. The molecule has 0 aliphatic carbocycles. The molecule has 2 N–H and O–H groups in total. The predicted molar refractivity (Wildman–Crippen MR) is 85.3 cm³/mol. The molecule has 0 saturated heterocycles. The van der Waals surface area contributed by atoms with E-state index in [1.165, 1.54) is 12.1 Å². The van der Waals surface area contributed by atoms with Crippen molar-refractivity contribution >= 4 is 17.5 Å². The third-order valence-electron chi connectivity index (χ3n) is 3.17. The molecule has 5 nitrogen and oxygen atoms in total. The van der Waals surface area contributed by atoms with Crippen LogP contribution in [0.3, 0.4) is 0 Å². The zero-order valence-corrected chi connectivity index (χ0v) is 13.2. The van der Waals surface area contributed by atoms with E-state index < -0.39 is 18.0 Å². The van der Waals surface area contributed by atoms with Crippen LogP contribution in [0.4, 0.5) is 18.9 Å². The lowest BCUT2D eigenvalue weighted by atomic mass is 10.1. The van der Waals surface area contributed by atoms with Gasteiger partial charge in [0.05, 0.1) is 6.54 Å². The highest BCUT2D eigenvalue weighted by atomic mass is 19.4. The van der Waals surface area contributed by atoms with Gasteiger partial charge in [-0.3, -0.25) is 9.59 Å². The lowest BCUT2D eigenvalue weighted by molar-refractivity contribution is -0.274. The number of rotatable bonds is 5. The van der Waals surface area contributed by atoms with E-state index in [0.717, 1.165) is 17.7 Å². The summed E-state index contributed by atoms with van der Waals surface area (Å²) in [4.78, 5) is 23.8. The van der Waals surface area contributed by atoms with Crippen molar-refractivity contribution in [1.82, 2.24) is 5.32 Å². The second kappa shape index (κ2) is 7.69. The summed E-state index contributed by atoms with van der Waals surface area (Å²) in [6, 6.07) is 11.6. The number of hydrogen-bond donors (Lipinski definition) is 2. The highest BCUT2D eigenvalue weighted by Gasteiger charge is 2.30. The molecule has 0 spiro atoms. The molecule has 0 aliphatic rings. The van der Waals surface area contributed by atoms with Gasteiger partial charge < -0.3 is 15.4 Å². The number of ether oxygens (including phenoxy) is 1. The van der Waals surface area contributed by atoms with E-state index in [2.05, 4.69) is 15.4 Å². The lowest BCUT2D eigenvalue weighted by Gasteiger charge is -2.10. The van der Waals surface area contributed by atoms with E-state index in [1.54, 1.807) is 31.2 Å². The van der Waals surface area contributed by atoms with Gasteiger partial charge in [-0.15, -0.1) is 13.2 Å². The van der Waals surface area contributed by atoms with E-state index in [4.69, 9.17) is 0 Å². The van der Waals surface area contributed by atoms with Gasteiger partial charge in [0.25, 0.3) is 5.91 Å². The highest BCUT2D eigenvalue weighted by molar-refractivity contribution is 6.00. The van der Waals surface area contributed by atoms with Gasteiger partial charge in [-0.2, -0.15) is 0 Å². The summed E-state index contributed by atoms with van der Waals surface area (Å²) in [6.45, 7) is 1.51. The second-order valence-corrected chi connectivity index (χ2v) is 5.12. The average molecular weight is 352 g/mol. The molecule has 2 aromatic carbocycles. The molecule has 132 valence electrons. The standard InChI is InChI=1S/C17H15F3N2O3/c1-11-4-2-3-5-14(11)16(24)21-10-15(23)22-12-6-8-13(9-7-12)25-17(18,19)20/h2-9H,10H2,1H3,(H,21,24)(H,22,23). The van der Waals surface area contributed by atoms with Crippen molar-refractivity contribution in [3.05, 3.63) is 59.7 Å². The third kappa shape index (κ3) is 5.83. The smallest absolute Gasteiger partial charge is 0.406 e. The zero-order chi connectivity index (χ0) is 18.4. The number of anilines is 1. The van der Waals surface area contributed by atoms with Gasteiger partial charge in [0.15, 0.2) is 0 Å². The minimum atomic E-state index is -4.77. The van der Waals surface area contributed by atoms with Crippen LogP contribution in [0.1, 0.15) is 15.9 Å². The molecule has 0 saturated carbocycles. The molecule has 2 amide bonds. The lowest BCUT2D eigenvalue weighted by Crippen LogP contribution is -2.33. The maximum atomic E-state index is 12.1. The topological polar surface area (TPSA) is 67.4 Å². The molecule has 0 aromatic heterocycles. The fourth-order valence-corrected chi connectivity index (χ4v) is 2.03. The van der Waals surface area contributed by atoms with E-state index in [-0.39, 0.29) is 18.1 Å². The summed E-state index contributed by atoms with van der Waals surface area (Å²) >= 11 is 0. The maximum Gasteiger partial charge on any atom is 0.573 e. The zero-order valence-electron chi connectivity index (χ0n) is 13.2. The quantitative estimate of drug-likeness (QED) is 0.868. The van der Waals surface area contributed by atoms with Gasteiger partial charge in [-0.25, -0.2) is 0 Å². The molecular formula is C17H15F3N2O3. The number of aryl methyl sites for hydroxylation is 1. The molecule has 0 unspecified atom stereocenters. The monoisotopic (exact) mass is 352 g/mol. The van der Waals surface area contributed by atoms with Crippen molar-refractivity contribution in [2.24, 2.45) is 0 Å². The molecule has 25 heavy (non-hydrogen) atoms. The first-order chi connectivity index (χ1) is 11.7. The summed E-state index contributed by atoms with van der Waals surface area (Å²) in [5, 5.41) is 4.94. The molecule has 0 atom stereocenters. The predicted octanol–water partition coefficient (Wildman–Crippen LogP) is 3.26. The minimum Gasteiger partial charge on any atom is -0.406 e. The van der Waals surface area contributed by atoms with Gasteiger partial charge >= 0.3 is 6.36 Å². The maximum absolute atomic E-state index is 12.1. The van der Waals surface area contributed by atoms with Gasteiger partial charge in [-0.05, 0) is 42.8 Å². The summed E-state index contributed by atoms with van der Waals surface area (Å²) in [7, 11) is 0. The van der Waals surface area contributed by atoms with Crippen LogP contribution < -0.4 is 15.4 Å². The fraction of sp³-hybridized carbons (Fsp3) is 0.176. The van der Waals surface area contributed by atoms with Crippen LogP contribution in [-0.4, -0.2) is 24.7 Å². The Morgan fingerprint density at radius 1 is 1.04 bits per heavy atom. The number of benzene rings is 2. The van der Waals surface area contributed by atoms with Crippen LogP contribution >= 0.6 is 0 Å². The first-order valence-corrected chi connectivity index (χ1v) is 7.24. The number of nitrogens with one attached hydrogen (secondary N) is 2. The SMILES string of the molecule is Cc1ccccc1C(=O)NCC(=O)Nc1ccc(OC(F)(F)F)cc1. The molecule has 0 aliphatic heterocycles. The first-order valence-electron chi connectivity index (χ1n) is 7.24. The van der Waals surface area contributed by atoms with Crippen LogP contribution in [0.2, 0.25) is 0 Å². The van der Waals surface area contributed by atoms with E-state index in [9.17, 15) is 22.8 Å². The highest BCUT2D eigenvalue weighted by Crippen LogP contribution is 2.23. The Balaban J connectivity index is 1.86. The van der Waals surface area contributed by atoms with Crippen LogP contribution in [-0.2, 0) is 4.79 Å². The molecular weight excluding hydrogens is 337 g/mol. The molecule has 8 heteroatoms. The molecule has 2 aromatic rings. The number of amides is 2. The Hall–Kier alpha value is -3.03. The largest absolute Gasteiger partial charge is 0.573 e. The summed E-state index contributed by atoms with van der Waals surface area (Å²) in [5.74, 6) is -1.29. The minimum absolute atomic E-state index is 0.270. The van der Waals surface area contributed by atoms with Gasteiger partial charge in [0.2, 0.25) is 5.91 Å². The Morgan fingerprint density at radius 3 is 2.28 bits per heavy atom. The van der Waals surface area contributed by atoms with Crippen LogP contribution in [0.15, 0.2) is 48.5 Å². The average Bonchev–Trinajstić information content (AvgIpc) is 2.53. The molecule has 0 radical (unpaired) electrons. The van der Waals surface area contributed by atoms with Crippen LogP contribution in [0.25, 0.3) is 0 Å². The van der Waals surface area contributed by atoms with Crippen molar-refractivity contribution in [2.45, 2.75) is 13.3 Å². The normalized spacial score (nSPS) is 10.9. The van der Waals surface area contributed by atoms with Crippen molar-refractivity contribution in [1.29, 1.82) is 0 Å². The van der Waals surface area contributed by atoms with Gasteiger partial charge in [0.1, 0.15) is 5.75 Å². The molecule has 0 heterocycles. The molecule has 0 fully saturated rings. The van der Waals surface area contributed by atoms with E-state index >= 15 is 0 Å². The first kappa shape index (κ1) is 18.3. The number of alkyl halides is 3. The number of halogens is 3. The van der Waals surface area contributed by atoms with Gasteiger partial charge in [0, 0.05) is 11.3 Å². The van der Waals surface area contributed by atoms with Gasteiger partial charge in [-0.1, -0.05) is 18.2 Å². The molecule has 2 rings (SSSR count). The van der Waals surface area contributed by atoms with Crippen LogP contribution in [0.5, 0.6) is 5.75 Å². The number of hydrogen-bond acceptors (Lipinski definition) is 3. The Morgan fingerprint density at radius 2 is 1.68 bits per heavy atom. The summed E-state index contributed by atoms with van der Waals surface area (Å²) in [6.07, 6.45) is -4.77. The van der Waals surface area contributed by atoms with Crippen molar-refractivity contribution < 1.29 is 27.5 Å². The second-order valence-electron chi connectivity index (χ2n) is 5.12. The van der Waals surface area contributed by atoms with Crippen molar-refractivity contribution in [2.75, 3.05) is 11.9 Å². The van der Waals surface area contributed by atoms with Crippen LogP contribution in [0, 0.1) is 6.92 Å². The Bertz CT molecular complexity index is 758. The van der Waals surface area contributed by atoms with Crippen molar-refractivity contribution in [3.8, 4) is 5.75 Å². The fourth-order valence-electron chi connectivity index (χ4n) is 2.03. The summed E-state index contributed by atoms with van der Waals surface area (Å²) < 4.78 is 39.9. The Kier molecular flexibility index (Phi) is 5.63. The number of carbonyl (C=O) groups excluding carboxylic acids is 2. The van der Waals surface area contributed by atoms with E-state index in [0.29, 0.717) is 5.56 Å². The summed E-state index contributed by atoms with van der Waals surface area (Å²) in [5.41, 5.74) is 1.52. The van der Waals surface area contributed by atoms with Crippen molar-refractivity contribution in [3.63, 3.8) is 0 Å². The third-order valence-corrected chi connectivity index (χ3v) is 3.17. The Labute approximate surface area is 141 Å².